The van der Waals surface area contributed by atoms with Crippen LogP contribution in [0.25, 0.3) is 0 Å². The van der Waals surface area contributed by atoms with Gasteiger partial charge in [-0.2, -0.15) is 5.11 Å². The quantitative estimate of drug-likeness (QED) is 0.674. The third kappa shape index (κ3) is 4.17. The number of halogens is 1. The maximum Gasteiger partial charge on any atom is 0.319 e. The average Bonchev–Trinajstić information content (AvgIpc) is 2.77. The summed E-state index contributed by atoms with van der Waals surface area (Å²) < 4.78 is 28.3. The van der Waals surface area contributed by atoms with Crippen molar-refractivity contribution in [2.24, 2.45) is 16.1 Å². The molecule has 1 fully saturated rings. The second-order valence-electron chi connectivity index (χ2n) is 8.13. The highest BCUT2D eigenvalue weighted by Crippen LogP contribution is 2.47. The molecule has 4 rings (SSSR count). The van der Waals surface area contributed by atoms with E-state index in [-0.39, 0.29) is 29.6 Å². The van der Waals surface area contributed by atoms with Crippen LogP contribution < -0.4 is 5.30 Å². The van der Waals surface area contributed by atoms with Gasteiger partial charge in [-0.3, -0.25) is 4.79 Å². The number of nitrogens with zero attached hydrogens (tertiary/aromatic N) is 4. The van der Waals surface area contributed by atoms with Gasteiger partial charge in [0.2, 0.25) is 0 Å². The molecule has 0 saturated carbocycles. The van der Waals surface area contributed by atoms with E-state index in [1.54, 1.807) is 43.3 Å². The van der Waals surface area contributed by atoms with Gasteiger partial charge in [0.15, 0.2) is 0 Å². The zero-order valence-electron chi connectivity index (χ0n) is 17.5. The maximum absolute atomic E-state index is 14.7. The molecule has 9 heteroatoms. The maximum atomic E-state index is 14.7. The highest BCUT2D eigenvalue weighted by atomic mass is 31.2. The number of azo groups is 1. The van der Waals surface area contributed by atoms with Crippen molar-refractivity contribution in [3.05, 3.63) is 65.2 Å². The Morgan fingerprint density at radius 1 is 1.23 bits per heavy atom. The summed E-state index contributed by atoms with van der Waals surface area (Å²) in [6.07, 6.45) is 8.15. The lowest BCUT2D eigenvalue weighted by Gasteiger charge is -2.34. The summed E-state index contributed by atoms with van der Waals surface area (Å²) in [5.74, 6) is -1.23. The Morgan fingerprint density at radius 3 is 2.68 bits per heavy atom. The monoisotopic (exact) mass is 442 g/mol. The minimum Gasteiger partial charge on any atom is -0.331 e. The summed E-state index contributed by atoms with van der Waals surface area (Å²) >= 11 is 0. The Bertz CT molecular complexity index is 1090. The molecule has 1 aliphatic carbocycles. The van der Waals surface area contributed by atoms with Gasteiger partial charge in [0.1, 0.15) is 13.0 Å². The fourth-order valence-corrected chi connectivity index (χ4v) is 6.78. The van der Waals surface area contributed by atoms with Crippen LogP contribution in [0.15, 0.2) is 64.0 Å². The SMILES string of the molecule is CN(C)C(=O)N1CCP(=O)(c2cc(CC3=C4C=CC=CC4C(=O)N=N3)ccc2F)CC1. The third-order valence-corrected chi connectivity index (χ3v) is 8.90. The van der Waals surface area contributed by atoms with E-state index in [1.807, 2.05) is 12.2 Å². The molecule has 1 atom stereocenters. The molecule has 1 aromatic carbocycles. The zero-order chi connectivity index (χ0) is 22.2. The van der Waals surface area contributed by atoms with Crippen LogP contribution in [0.5, 0.6) is 0 Å². The summed E-state index contributed by atoms with van der Waals surface area (Å²) in [5.41, 5.74) is 2.19. The van der Waals surface area contributed by atoms with Crippen LogP contribution in [-0.2, 0) is 15.8 Å². The number of allylic oxidation sites excluding steroid dienone is 4. The molecule has 3 amide bonds. The smallest absolute Gasteiger partial charge is 0.319 e. The molecule has 2 aliphatic heterocycles. The lowest BCUT2D eigenvalue weighted by molar-refractivity contribution is -0.120. The van der Waals surface area contributed by atoms with Crippen LogP contribution in [0, 0.1) is 11.7 Å². The topological polar surface area (TPSA) is 82.4 Å². The predicted octanol–water partition coefficient (Wildman–Crippen LogP) is 3.34. The van der Waals surface area contributed by atoms with E-state index in [2.05, 4.69) is 10.2 Å². The van der Waals surface area contributed by atoms with Gasteiger partial charge in [-0.05, 0) is 23.3 Å². The van der Waals surface area contributed by atoms with E-state index in [4.69, 9.17) is 0 Å². The van der Waals surface area contributed by atoms with Crippen LogP contribution in [0.1, 0.15) is 5.56 Å². The number of carbonyl (C=O) groups is 2. The van der Waals surface area contributed by atoms with Gasteiger partial charge < -0.3 is 14.4 Å². The summed E-state index contributed by atoms with van der Waals surface area (Å²) in [7, 11) is 0.381. The van der Waals surface area contributed by atoms with Crippen molar-refractivity contribution in [1.29, 1.82) is 0 Å². The van der Waals surface area contributed by atoms with Crippen molar-refractivity contribution in [1.82, 2.24) is 9.80 Å². The summed E-state index contributed by atoms with van der Waals surface area (Å²) in [6.45, 7) is 0.671. The Labute approximate surface area is 180 Å². The van der Waals surface area contributed by atoms with Crippen molar-refractivity contribution in [2.75, 3.05) is 39.5 Å². The summed E-state index contributed by atoms with van der Waals surface area (Å²) in [4.78, 5) is 27.3. The molecule has 0 N–H and O–H groups in total. The van der Waals surface area contributed by atoms with Crippen molar-refractivity contribution < 1.29 is 18.5 Å². The number of urea groups is 1. The van der Waals surface area contributed by atoms with Gasteiger partial charge in [-0.1, -0.05) is 30.4 Å². The number of benzene rings is 1. The second-order valence-corrected chi connectivity index (χ2v) is 11.3. The second kappa shape index (κ2) is 8.35. The number of carbonyl (C=O) groups excluding carboxylic acids is 2. The molecule has 7 nitrogen and oxygen atoms in total. The number of amides is 3. The molecule has 2 heterocycles. The van der Waals surface area contributed by atoms with Gasteiger partial charge in [0.05, 0.1) is 11.6 Å². The van der Waals surface area contributed by atoms with E-state index >= 15 is 0 Å². The molecular weight excluding hydrogens is 418 g/mol. The van der Waals surface area contributed by atoms with Gasteiger partial charge in [-0.15, -0.1) is 5.11 Å². The predicted molar refractivity (Wildman–Crippen MR) is 116 cm³/mol. The Kier molecular flexibility index (Phi) is 5.75. The minimum atomic E-state index is -2.97. The number of rotatable bonds is 3. The minimum absolute atomic E-state index is 0.129. The summed E-state index contributed by atoms with van der Waals surface area (Å²) in [6, 6.07) is 4.51. The largest absolute Gasteiger partial charge is 0.331 e. The van der Waals surface area contributed by atoms with E-state index in [0.29, 0.717) is 25.2 Å². The first-order valence-corrected chi connectivity index (χ1v) is 12.2. The molecular formula is C22H24FN4O3P. The third-order valence-electron chi connectivity index (χ3n) is 5.83. The Balaban J connectivity index is 1.57. The van der Waals surface area contributed by atoms with Crippen LogP contribution in [0.3, 0.4) is 0 Å². The van der Waals surface area contributed by atoms with E-state index in [9.17, 15) is 18.5 Å². The number of fused-ring (bicyclic) bond motifs is 1. The molecule has 0 spiro atoms. The molecule has 1 unspecified atom stereocenters. The van der Waals surface area contributed by atoms with Crippen LogP contribution in [0.4, 0.5) is 9.18 Å². The van der Waals surface area contributed by atoms with E-state index < -0.39 is 18.9 Å². The first-order chi connectivity index (χ1) is 14.8. The molecule has 1 aromatic rings. The normalized spacial score (nSPS) is 22.0. The molecule has 3 aliphatic rings. The van der Waals surface area contributed by atoms with E-state index in [0.717, 1.165) is 11.1 Å². The number of hydrogen-bond donors (Lipinski definition) is 0. The molecule has 0 bridgehead atoms. The fourth-order valence-electron chi connectivity index (χ4n) is 4.08. The van der Waals surface area contributed by atoms with Gasteiger partial charge >= 0.3 is 6.03 Å². The van der Waals surface area contributed by atoms with E-state index in [1.165, 1.54) is 11.0 Å². The van der Waals surface area contributed by atoms with Gasteiger partial charge in [-0.25, -0.2) is 9.18 Å². The highest BCUT2D eigenvalue weighted by Gasteiger charge is 2.35. The standard InChI is InChI=1S/C22H24FN4O3P/c1-26(2)22(29)27-9-11-31(30,12-10-27)20-14-15(7-8-18(20)23)13-19-16-5-3-4-6-17(16)21(28)25-24-19/h3-8,14,17H,9-13H2,1-2H3. The van der Waals surface area contributed by atoms with Crippen molar-refractivity contribution in [2.45, 2.75) is 6.42 Å². The van der Waals surface area contributed by atoms with Crippen LogP contribution in [0.2, 0.25) is 0 Å². The van der Waals surface area contributed by atoms with Gasteiger partial charge in [0, 0.05) is 51.2 Å². The fraction of sp³-hybridized carbons (Fsp3) is 0.364. The Morgan fingerprint density at radius 2 is 1.97 bits per heavy atom. The molecule has 1 saturated heterocycles. The van der Waals surface area contributed by atoms with Gasteiger partial charge in [0.25, 0.3) is 5.91 Å². The molecule has 31 heavy (non-hydrogen) atoms. The Hall–Kier alpha value is -2.86. The highest BCUT2D eigenvalue weighted by molar-refractivity contribution is 7.71. The summed E-state index contributed by atoms with van der Waals surface area (Å²) in [5, 5.41) is 8.05. The average molecular weight is 442 g/mol. The van der Waals surface area contributed by atoms with Crippen molar-refractivity contribution in [3.63, 3.8) is 0 Å². The molecule has 0 radical (unpaired) electrons. The van der Waals surface area contributed by atoms with Crippen LogP contribution in [-0.4, -0.2) is 61.2 Å². The molecule has 162 valence electrons. The number of hydrogen-bond acceptors (Lipinski definition) is 4. The lowest BCUT2D eigenvalue weighted by atomic mass is 9.89. The molecule has 0 aromatic heterocycles. The van der Waals surface area contributed by atoms with Crippen LogP contribution >= 0.6 is 7.14 Å². The van der Waals surface area contributed by atoms with Crippen molar-refractivity contribution in [3.8, 4) is 0 Å². The van der Waals surface area contributed by atoms with Crippen molar-refractivity contribution >= 4 is 24.4 Å². The lowest BCUT2D eigenvalue weighted by Crippen LogP contribution is -2.45. The first-order valence-electron chi connectivity index (χ1n) is 10.2. The first kappa shape index (κ1) is 21.4. The zero-order valence-corrected chi connectivity index (χ0v) is 18.4.